The number of hydrogen-bond donors (Lipinski definition) is 1. The monoisotopic (exact) mass is 291 g/mol. The number of nitrogens with zero attached hydrogens (tertiary/aromatic N) is 4. The fraction of sp³-hybridized carbons (Fsp3) is 0.727. The molecule has 0 saturated carbocycles. The van der Waals surface area contributed by atoms with Gasteiger partial charge in [-0.25, -0.2) is 9.48 Å². The maximum absolute atomic E-state index is 13.0. The number of aryl methyl sites for hydroxylation is 1. The number of nitrogens with one attached hydrogen (secondary N) is 1. The zero-order valence-electron chi connectivity index (χ0n) is 11.0. The Morgan fingerprint density at radius 3 is 2.75 bits per heavy atom. The summed E-state index contributed by atoms with van der Waals surface area (Å²) in [6, 6.07) is -2.49. The third-order valence-corrected chi connectivity index (χ3v) is 3.34. The van der Waals surface area contributed by atoms with Gasteiger partial charge < -0.3 is 4.90 Å². The van der Waals surface area contributed by atoms with Crippen LogP contribution < -0.4 is 5.32 Å². The van der Waals surface area contributed by atoms with Gasteiger partial charge in [0.2, 0.25) is 0 Å². The van der Waals surface area contributed by atoms with Crippen LogP contribution in [0.1, 0.15) is 25.7 Å². The number of anilines is 1. The van der Waals surface area contributed by atoms with Gasteiger partial charge in [0.1, 0.15) is 6.04 Å². The van der Waals surface area contributed by atoms with E-state index in [-0.39, 0.29) is 18.8 Å². The van der Waals surface area contributed by atoms with Gasteiger partial charge in [0.25, 0.3) is 0 Å². The van der Waals surface area contributed by atoms with Gasteiger partial charge in [-0.1, -0.05) is 18.1 Å². The molecule has 0 aliphatic carbocycles. The second-order valence-corrected chi connectivity index (χ2v) is 4.77. The molecule has 0 bridgehead atoms. The highest BCUT2D eigenvalue weighted by Crippen LogP contribution is 2.31. The molecule has 2 amide bonds. The van der Waals surface area contributed by atoms with Crippen molar-refractivity contribution < 1.29 is 18.0 Å². The van der Waals surface area contributed by atoms with E-state index in [0.29, 0.717) is 19.3 Å². The van der Waals surface area contributed by atoms with E-state index in [1.807, 2.05) is 0 Å². The molecule has 2 heterocycles. The third-order valence-electron chi connectivity index (χ3n) is 3.34. The summed E-state index contributed by atoms with van der Waals surface area (Å²) >= 11 is 0. The number of hydrogen-bond acceptors (Lipinski definition) is 3. The van der Waals surface area contributed by atoms with Crippen molar-refractivity contribution in [3.05, 3.63) is 6.20 Å². The highest BCUT2D eigenvalue weighted by molar-refractivity contribution is 5.88. The minimum Gasteiger partial charge on any atom is -0.312 e. The van der Waals surface area contributed by atoms with Gasteiger partial charge in [0.15, 0.2) is 5.82 Å². The summed E-state index contributed by atoms with van der Waals surface area (Å²) in [6.45, 7) is 0.0985. The molecule has 1 unspecified atom stereocenters. The molecular formula is C11H16F3N5O. The number of rotatable bonds is 1. The summed E-state index contributed by atoms with van der Waals surface area (Å²) in [7, 11) is 1.55. The quantitative estimate of drug-likeness (QED) is 0.862. The molecular weight excluding hydrogens is 275 g/mol. The fourth-order valence-corrected chi connectivity index (χ4v) is 2.28. The minimum absolute atomic E-state index is 0.0550. The van der Waals surface area contributed by atoms with Crippen LogP contribution >= 0.6 is 0 Å². The Morgan fingerprint density at radius 2 is 2.15 bits per heavy atom. The average Bonchev–Trinajstić information content (AvgIpc) is 2.65. The van der Waals surface area contributed by atoms with Crippen LogP contribution in [0.2, 0.25) is 0 Å². The van der Waals surface area contributed by atoms with Gasteiger partial charge in [-0.2, -0.15) is 13.2 Å². The van der Waals surface area contributed by atoms with Crippen molar-refractivity contribution in [3.63, 3.8) is 0 Å². The summed E-state index contributed by atoms with van der Waals surface area (Å²) in [6.07, 6.45) is -1.43. The summed E-state index contributed by atoms with van der Waals surface area (Å²) < 4.78 is 40.4. The Hall–Kier alpha value is -1.80. The summed E-state index contributed by atoms with van der Waals surface area (Å²) in [5, 5.41) is 9.59. The second-order valence-electron chi connectivity index (χ2n) is 4.77. The number of alkyl halides is 3. The molecule has 0 radical (unpaired) electrons. The highest BCUT2D eigenvalue weighted by atomic mass is 19.4. The number of halogens is 3. The molecule has 1 aliphatic heterocycles. The van der Waals surface area contributed by atoms with Crippen molar-refractivity contribution in [1.29, 1.82) is 0 Å². The molecule has 1 aromatic heterocycles. The van der Waals surface area contributed by atoms with Gasteiger partial charge in [0, 0.05) is 13.6 Å². The molecule has 1 aromatic rings. The van der Waals surface area contributed by atoms with E-state index in [0.717, 1.165) is 4.90 Å². The highest BCUT2D eigenvalue weighted by Gasteiger charge is 2.45. The van der Waals surface area contributed by atoms with Crippen molar-refractivity contribution in [3.8, 4) is 0 Å². The lowest BCUT2D eigenvalue weighted by Gasteiger charge is -2.31. The maximum Gasteiger partial charge on any atom is 0.408 e. The van der Waals surface area contributed by atoms with Crippen LogP contribution in [-0.2, 0) is 7.05 Å². The Bertz CT molecular complexity index is 473. The average molecular weight is 291 g/mol. The molecule has 0 aromatic carbocycles. The van der Waals surface area contributed by atoms with Crippen LogP contribution in [0.3, 0.4) is 0 Å². The largest absolute Gasteiger partial charge is 0.408 e. The summed E-state index contributed by atoms with van der Waals surface area (Å²) in [4.78, 5) is 12.9. The molecule has 1 atom stereocenters. The predicted octanol–water partition coefficient (Wildman–Crippen LogP) is 2.15. The third kappa shape index (κ3) is 3.20. The molecule has 0 spiro atoms. The van der Waals surface area contributed by atoms with Crippen molar-refractivity contribution in [1.82, 2.24) is 19.9 Å². The predicted molar refractivity (Wildman–Crippen MR) is 65.0 cm³/mol. The Kier molecular flexibility index (Phi) is 4.15. The van der Waals surface area contributed by atoms with Crippen LogP contribution in [0, 0.1) is 0 Å². The van der Waals surface area contributed by atoms with Gasteiger partial charge in [0.05, 0.1) is 6.20 Å². The number of aromatic nitrogens is 3. The maximum atomic E-state index is 13.0. The lowest BCUT2D eigenvalue weighted by atomic mass is 10.1. The van der Waals surface area contributed by atoms with Crippen LogP contribution in [-0.4, -0.2) is 44.7 Å². The van der Waals surface area contributed by atoms with Crippen LogP contribution in [0.5, 0.6) is 0 Å². The van der Waals surface area contributed by atoms with Crippen LogP contribution in [0.4, 0.5) is 23.8 Å². The van der Waals surface area contributed by atoms with E-state index < -0.39 is 18.2 Å². The lowest BCUT2D eigenvalue weighted by molar-refractivity contribution is -0.175. The van der Waals surface area contributed by atoms with Gasteiger partial charge in [-0.3, -0.25) is 5.32 Å². The normalized spacial score (nSPS) is 20.6. The zero-order valence-corrected chi connectivity index (χ0v) is 11.0. The molecule has 112 valence electrons. The molecule has 20 heavy (non-hydrogen) atoms. The first kappa shape index (κ1) is 14.6. The summed E-state index contributed by atoms with van der Waals surface area (Å²) in [5.74, 6) is 0.264. The number of amides is 2. The number of carbonyl (C=O) groups excluding carboxylic acids is 1. The van der Waals surface area contributed by atoms with E-state index in [4.69, 9.17) is 0 Å². The Morgan fingerprint density at radius 1 is 1.40 bits per heavy atom. The van der Waals surface area contributed by atoms with E-state index in [9.17, 15) is 18.0 Å². The smallest absolute Gasteiger partial charge is 0.312 e. The first-order valence-electron chi connectivity index (χ1n) is 6.38. The number of urea groups is 1. The van der Waals surface area contributed by atoms with E-state index >= 15 is 0 Å². The molecule has 9 heteroatoms. The SMILES string of the molecule is Cn1nncc1NC(=O)N1CCCCCC1C(F)(F)F. The van der Waals surface area contributed by atoms with E-state index in [1.165, 1.54) is 10.9 Å². The van der Waals surface area contributed by atoms with Crippen molar-refractivity contribution in [2.24, 2.45) is 7.05 Å². The van der Waals surface area contributed by atoms with E-state index in [1.54, 1.807) is 7.05 Å². The number of likely N-dealkylation sites (tertiary alicyclic amines) is 1. The van der Waals surface area contributed by atoms with Gasteiger partial charge in [-0.05, 0) is 12.8 Å². The second kappa shape index (κ2) is 5.68. The molecule has 2 rings (SSSR count). The van der Waals surface area contributed by atoms with Crippen molar-refractivity contribution in [2.45, 2.75) is 37.9 Å². The molecule has 6 nitrogen and oxygen atoms in total. The molecule has 1 aliphatic rings. The standard InChI is InChI=1S/C11H16F3N5O/c1-18-9(7-15-17-18)16-10(20)19-6-4-2-3-5-8(19)11(12,13)14/h7-8H,2-6H2,1H3,(H,16,20). The Labute approximate surface area is 113 Å². The first-order chi connectivity index (χ1) is 9.39. The lowest BCUT2D eigenvalue weighted by Crippen LogP contribution is -2.50. The number of carbonyl (C=O) groups is 1. The van der Waals surface area contributed by atoms with E-state index in [2.05, 4.69) is 15.6 Å². The topological polar surface area (TPSA) is 63.1 Å². The first-order valence-corrected chi connectivity index (χ1v) is 6.38. The molecule has 1 fully saturated rings. The fourth-order valence-electron chi connectivity index (χ4n) is 2.28. The molecule has 1 saturated heterocycles. The van der Waals surface area contributed by atoms with Gasteiger partial charge >= 0.3 is 12.2 Å². The van der Waals surface area contributed by atoms with Crippen molar-refractivity contribution >= 4 is 11.8 Å². The van der Waals surface area contributed by atoms with Gasteiger partial charge in [-0.15, -0.1) is 5.10 Å². The van der Waals surface area contributed by atoms with Crippen LogP contribution in [0.15, 0.2) is 6.20 Å². The zero-order chi connectivity index (χ0) is 14.8. The van der Waals surface area contributed by atoms with Crippen LogP contribution in [0.25, 0.3) is 0 Å². The summed E-state index contributed by atoms with van der Waals surface area (Å²) in [5.41, 5.74) is 0. The molecule has 1 N–H and O–H groups in total. The minimum atomic E-state index is -4.41. The Balaban J connectivity index is 2.14. The van der Waals surface area contributed by atoms with Crippen molar-refractivity contribution in [2.75, 3.05) is 11.9 Å².